The zero-order valence-corrected chi connectivity index (χ0v) is 12.8. The van der Waals surface area contributed by atoms with E-state index in [1.807, 2.05) is 24.3 Å². The van der Waals surface area contributed by atoms with Gasteiger partial charge in [0.2, 0.25) is 0 Å². The van der Waals surface area contributed by atoms with Crippen LogP contribution in [0, 0.1) is 0 Å². The molecule has 2 N–H and O–H groups in total. The molecule has 0 saturated carbocycles. The van der Waals surface area contributed by atoms with Gasteiger partial charge in [-0.25, -0.2) is 0 Å². The van der Waals surface area contributed by atoms with E-state index in [-0.39, 0.29) is 24.8 Å². The van der Waals surface area contributed by atoms with Crippen molar-refractivity contribution in [3.05, 3.63) is 48.5 Å². The lowest BCUT2D eigenvalue weighted by molar-refractivity contribution is 1.61. The molecule has 0 amide bonds. The van der Waals surface area contributed by atoms with Gasteiger partial charge in [0, 0.05) is 11.4 Å². The predicted molar refractivity (Wildman–Crippen MR) is 91.6 cm³/mol. The predicted octanol–water partition coefficient (Wildman–Crippen LogP) is 4.71. The summed E-state index contributed by atoms with van der Waals surface area (Å²) in [5.74, 6) is 0. The van der Waals surface area contributed by atoms with Gasteiger partial charge in [0.25, 0.3) is 0 Å². The molecule has 0 aliphatic rings. The fourth-order valence-corrected chi connectivity index (χ4v) is 1.77. The summed E-state index contributed by atoms with van der Waals surface area (Å²) in [5, 5.41) is 0. The van der Waals surface area contributed by atoms with E-state index in [9.17, 15) is 0 Å². The lowest BCUT2D eigenvalue weighted by atomic mass is 10.1. The summed E-state index contributed by atoms with van der Waals surface area (Å²) in [4.78, 5) is 0. The maximum absolute atomic E-state index is 3.99. The van der Waals surface area contributed by atoms with Gasteiger partial charge in [0.15, 0.2) is 0 Å². The second-order valence-corrected chi connectivity index (χ2v) is 3.83. The minimum Gasteiger partial charge on any atom is -0.332 e. The molecular formula is C12H14Cl2N2S2. The highest BCUT2D eigenvalue weighted by molar-refractivity contribution is 7.81. The molecule has 0 fully saturated rings. The SMILES string of the molecule is Cl.Cl.SNc1ccc(-c2ccc(NS)cc2)cc1. The first kappa shape index (κ1) is 17.3. The van der Waals surface area contributed by atoms with E-state index >= 15 is 0 Å². The summed E-state index contributed by atoms with van der Waals surface area (Å²) in [6, 6.07) is 16.2. The van der Waals surface area contributed by atoms with Gasteiger partial charge < -0.3 is 9.44 Å². The van der Waals surface area contributed by atoms with E-state index in [1.54, 1.807) is 0 Å². The zero-order chi connectivity index (χ0) is 11.4. The molecule has 0 radical (unpaired) electrons. The van der Waals surface area contributed by atoms with E-state index in [1.165, 1.54) is 11.1 Å². The molecule has 18 heavy (non-hydrogen) atoms. The van der Waals surface area contributed by atoms with Crippen molar-refractivity contribution in [2.75, 3.05) is 9.44 Å². The van der Waals surface area contributed by atoms with Crippen LogP contribution in [0.5, 0.6) is 0 Å². The molecule has 0 saturated heterocycles. The molecule has 6 heteroatoms. The molecule has 0 atom stereocenters. The first-order valence-corrected chi connectivity index (χ1v) is 5.73. The van der Waals surface area contributed by atoms with E-state index < -0.39 is 0 Å². The van der Waals surface area contributed by atoms with Crippen molar-refractivity contribution < 1.29 is 0 Å². The maximum Gasteiger partial charge on any atom is 0.0438 e. The van der Waals surface area contributed by atoms with Crippen molar-refractivity contribution in [3.63, 3.8) is 0 Å². The molecule has 0 spiro atoms. The highest BCUT2D eigenvalue weighted by Crippen LogP contribution is 2.23. The van der Waals surface area contributed by atoms with Crippen LogP contribution in [-0.4, -0.2) is 0 Å². The van der Waals surface area contributed by atoms with E-state index in [0.717, 1.165) is 11.4 Å². The Bertz CT molecular complexity index is 415. The quantitative estimate of drug-likeness (QED) is 0.616. The maximum atomic E-state index is 3.99. The normalized spacial score (nSPS) is 8.78. The fraction of sp³-hybridized carbons (Fsp3) is 0. The number of halogens is 2. The Kier molecular flexibility index (Phi) is 8.11. The molecule has 2 aromatic rings. The third-order valence-corrected chi connectivity index (χ3v) is 2.88. The molecule has 0 heterocycles. The Morgan fingerprint density at radius 1 is 0.556 bits per heavy atom. The van der Waals surface area contributed by atoms with Crippen molar-refractivity contribution in [1.82, 2.24) is 0 Å². The van der Waals surface area contributed by atoms with E-state index in [2.05, 4.69) is 59.3 Å². The lowest BCUT2D eigenvalue weighted by Crippen LogP contribution is -1.83. The van der Waals surface area contributed by atoms with Gasteiger partial charge in [0.1, 0.15) is 0 Å². The first-order valence-electron chi connectivity index (χ1n) is 4.84. The van der Waals surface area contributed by atoms with Gasteiger partial charge in [0.05, 0.1) is 0 Å². The summed E-state index contributed by atoms with van der Waals surface area (Å²) in [5.41, 5.74) is 4.33. The van der Waals surface area contributed by atoms with Gasteiger partial charge >= 0.3 is 0 Å². The molecule has 2 aromatic carbocycles. The number of thiol groups is 2. The van der Waals surface area contributed by atoms with Gasteiger partial charge in [-0.05, 0) is 35.4 Å². The Hall–Kier alpha value is -0.680. The van der Waals surface area contributed by atoms with Crippen LogP contribution < -0.4 is 9.44 Å². The van der Waals surface area contributed by atoms with Gasteiger partial charge in [-0.15, -0.1) is 24.8 Å². The number of rotatable bonds is 3. The van der Waals surface area contributed by atoms with Crippen molar-refractivity contribution in [3.8, 4) is 11.1 Å². The third-order valence-electron chi connectivity index (χ3n) is 2.36. The number of hydrogen-bond acceptors (Lipinski definition) is 4. The third kappa shape index (κ3) is 4.21. The summed E-state index contributed by atoms with van der Waals surface area (Å²) in [7, 11) is 0. The Labute approximate surface area is 130 Å². The Balaban J connectivity index is 0.00000144. The number of benzene rings is 2. The molecule has 0 bridgehead atoms. The smallest absolute Gasteiger partial charge is 0.0438 e. The van der Waals surface area contributed by atoms with Crippen LogP contribution in [0.15, 0.2) is 48.5 Å². The second-order valence-electron chi connectivity index (χ2n) is 3.38. The molecule has 98 valence electrons. The lowest BCUT2D eigenvalue weighted by Gasteiger charge is -2.05. The minimum atomic E-state index is 0. The van der Waals surface area contributed by atoms with E-state index in [0.29, 0.717) is 0 Å². The standard InChI is InChI=1S/C12H12N2S2.2ClH/c15-13-11-5-1-9(2-6-11)10-3-7-12(14-16)8-4-10;;/h1-8,13-16H;2*1H. The average Bonchev–Trinajstić information content (AvgIpc) is 2.39. The number of anilines is 2. The fourth-order valence-electron chi connectivity index (χ4n) is 1.47. The molecule has 2 rings (SSSR count). The van der Waals surface area contributed by atoms with Crippen molar-refractivity contribution >= 4 is 61.8 Å². The minimum absolute atomic E-state index is 0. The Morgan fingerprint density at radius 3 is 1.06 bits per heavy atom. The van der Waals surface area contributed by atoms with Crippen LogP contribution in [0.3, 0.4) is 0 Å². The summed E-state index contributed by atoms with van der Waals surface area (Å²) in [6.45, 7) is 0. The molecule has 0 aromatic heterocycles. The van der Waals surface area contributed by atoms with Crippen LogP contribution in [0.2, 0.25) is 0 Å². The average molecular weight is 321 g/mol. The van der Waals surface area contributed by atoms with Gasteiger partial charge in [-0.1, -0.05) is 49.9 Å². The zero-order valence-electron chi connectivity index (χ0n) is 9.33. The Morgan fingerprint density at radius 2 is 0.833 bits per heavy atom. The monoisotopic (exact) mass is 320 g/mol. The number of hydrogen-bond donors (Lipinski definition) is 4. The van der Waals surface area contributed by atoms with Crippen LogP contribution in [-0.2, 0) is 0 Å². The van der Waals surface area contributed by atoms with Gasteiger partial charge in [-0.3, -0.25) is 0 Å². The highest BCUT2D eigenvalue weighted by Gasteiger charge is 1.97. The summed E-state index contributed by atoms with van der Waals surface area (Å²) >= 11 is 7.98. The molecule has 0 aliphatic carbocycles. The van der Waals surface area contributed by atoms with Crippen molar-refractivity contribution in [1.29, 1.82) is 0 Å². The van der Waals surface area contributed by atoms with Crippen LogP contribution in [0.1, 0.15) is 0 Å². The molecule has 2 nitrogen and oxygen atoms in total. The number of nitrogens with one attached hydrogen (secondary N) is 2. The second kappa shape index (κ2) is 8.43. The summed E-state index contributed by atoms with van der Waals surface area (Å²) < 4.78 is 5.60. The van der Waals surface area contributed by atoms with Gasteiger partial charge in [-0.2, -0.15) is 0 Å². The topological polar surface area (TPSA) is 24.1 Å². The first-order chi connectivity index (χ1) is 7.83. The molecule has 0 aliphatic heterocycles. The van der Waals surface area contributed by atoms with E-state index in [4.69, 9.17) is 0 Å². The highest BCUT2D eigenvalue weighted by atomic mass is 35.5. The molecule has 0 unspecified atom stereocenters. The van der Waals surface area contributed by atoms with Crippen LogP contribution in [0.25, 0.3) is 11.1 Å². The van der Waals surface area contributed by atoms with Crippen molar-refractivity contribution in [2.45, 2.75) is 0 Å². The molecular weight excluding hydrogens is 307 g/mol. The van der Waals surface area contributed by atoms with Crippen LogP contribution in [0.4, 0.5) is 11.4 Å². The van der Waals surface area contributed by atoms with Crippen molar-refractivity contribution in [2.24, 2.45) is 0 Å². The van der Waals surface area contributed by atoms with Crippen LogP contribution >= 0.6 is 50.4 Å². The largest absolute Gasteiger partial charge is 0.332 e. The summed E-state index contributed by atoms with van der Waals surface area (Å²) in [6.07, 6.45) is 0.